The molecule has 3 aliphatic rings. The third-order valence-corrected chi connectivity index (χ3v) is 7.06. The van der Waals surface area contributed by atoms with Crippen molar-refractivity contribution in [3.05, 3.63) is 110 Å². The number of nitrogens with one attached hydrogen (secondary N) is 2. The lowest BCUT2D eigenvalue weighted by atomic mass is 9.59. The van der Waals surface area contributed by atoms with Gasteiger partial charge in [0.2, 0.25) is 5.91 Å². The van der Waals surface area contributed by atoms with Crippen LogP contribution in [-0.2, 0) is 4.79 Å². The van der Waals surface area contributed by atoms with Gasteiger partial charge in [-0.25, -0.2) is 0 Å². The summed E-state index contributed by atoms with van der Waals surface area (Å²) in [5.74, 6) is 0.0433. The Bertz CT molecular complexity index is 1260. The number of hydrogen-bond acceptors (Lipinski definition) is 4. The first-order valence-corrected chi connectivity index (χ1v) is 11.4. The van der Waals surface area contributed by atoms with Gasteiger partial charge in [0.1, 0.15) is 0 Å². The molecule has 3 aliphatic carbocycles. The van der Waals surface area contributed by atoms with E-state index in [1.807, 2.05) is 0 Å². The van der Waals surface area contributed by atoms with Crippen LogP contribution in [0.25, 0.3) is 0 Å². The quantitative estimate of drug-likeness (QED) is 0.433. The first kappa shape index (κ1) is 21.8. The van der Waals surface area contributed by atoms with E-state index in [1.54, 1.807) is 6.92 Å². The minimum atomic E-state index is -0.521. The largest absolute Gasteiger partial charge is 0.354 e. The Balaban J connectivity index is 1.23. The Morgan fingerprint density at radius 2 is 1.56 bits per heavy atom. The number of carbonyl (C=O) groups excluding carboxylic acids is 2. The van der Waals surface area contributed by atoms with E-state index in [2.05, 4.69) is 59.2 Å². The second-order valence-corrected chi connectivity index (χ2v) is 9.03. The Kier molecular flexibility index (Phi) is 5.61. The van der Waals surface area contributed by atoms with Crippen LogP contribution >= 0.6 is 0 Å². The highest BCUT2D eigenvalue weighted by Gasteiger charge is 2.42. The molecule has 0 fully saturated rings. The molecule has 2 amide bonds. The van der Waals surface area contributed by atoms with Crippen molar-refractivity contribution in [2.45, 2.75) is 25.2 Å². The minimum absolute atomic E-state index is 0.120. The molecule has 0 heterocycles. The molecule has 7 heteroatoms. The second kappa shape index (κ2) is 8.74. The number of aryl methyl sites for hydroxylation is 1. The summed E-state index contributed by atoms with van der Waals surface area (Å²) in [6.45, 7) is 1.95. The molecule has 2 N–H and O–H groups in total. The molecule has 6 rings (SSSR count). The highest BCUT2D eigenvalue weighted by atomic mass is 16.6. The Morgan fingerprint density at radius 1 is 0.941 bits per heavy atom. The average molecular weight is 456 g/mol. The van der Waals surface area contributed by atoms with Crippen LogP contribution in [0.2, 0.25) is 0 Å². The molecule has 7 nitrogen and oxygen atoms in total. The van der Waals surface area contributed by atoms with Gasteiger partial charge in [0.25, 0.3) is 11.6 Å². The van der Waals surface area contributed by atoms with Crippen molar-refractivity contribution in [2.75, 3.05) is 13.1 Å². The van der Waals surface area contributed by atoms with Crippen molar-refractivity contribution in [1.29, 1.82) is 0 Å². The average Bonchev–Trinajstić information content (AvgIpc) is 2.86. The van der Waals surface area contributed by atoms with E-state index in [1.165, 1.54) is 40.5 Å². The zero-order chi connectivity index (χ0) is 23.8. The summed E-state index contributed by atoms with van der Waals surface area (Å²) < 4.78 is 0. The van der Waals surface area contributed by atoms with Crippen LogP contribution in [-0.4, -0.2) is 29.8 Å². The fourth-order valence-electron chi connectivity index (χ4n) is 5.48. The molecule has 1 unspecified atom stereocenters. The summed E-state index contributed by atoms with van der Waals surface area (Å²) in [5.41, 5.74) is 5.95. The van der Waals surface area contributed by atoms with Gasteiger partial charge in [0.15, 0.2) is 0 Å². The van der Waals surface area contributed by atoms with Crippen LogP contribution in [0.15, 0.2) is 66.7 Å². The molecular formula is C27H25N3O4. The fraction of sp³-hybridized carbons (Fsp3) is 0.259. The normalized spacial score (nSPS) is 19.6. The molecule has 0 aliphatic heterocycles. The van der Waals surface area contributed by atoms with Crippen LogP contribution in [0.4, 0.5) is 5.69 Å². The van der Waals surface area contributed by atoms with Crippen molar-refractivity contribution in [3.63, 3.8) is 0 Å². The first-order valence-electron chi connectivity index (χ1n) is 11.4. The molecule has 0 saturated heterocycles. The SMILES string of the molecule is Cc1ccc(C(=O)NCC(=O)NCC2CC3c4ccccc4C2c2ccccc23)cc1[N+](=O)[O-]. The maximum Gasteiger partial charge on any atom is 0.273 e. The molecule has 34 heavy (non-hydrogen) atoms. The zero-order valence-corrected chi connectivity index (χ0v) is 18.8. The maximum absolute atomic E-state index is 12.5. The van der Waals surface area contributed by atoms with Gasteiger partial charge in [-0.2, -0.15) is 0 Å². The van der Waals surface area contributed by atoms with Crippen molar-refractivity contribution >= 4 is 17.5 Å². The Labute approximate surface area is 197 Å². The molecular weight excluding hydrogens is 430 g/mol. The van der Waals surface area contributed by atoms with E-state index in [9.17, 15) is 19.7 Å². The van der Waals surface area contributed by atoms with Crippen LogP contribution in [0.5, 0.6) is 0 Å². The van der Waals surface area contributed by atoms with E-state index >= 15 is 0 Å². The van der Waals surface area contributed by atoms with Crippen LogP contribution in [0, 0.1) is 23.0 Å². The van der Waals surface area contributed by atoms with E-state index in [4.69, 9.17) is 0 Å². The fourth-order valence-corrected chi connectivity index (χ4v) is 5.48. The van der Waals surface area contributed by atoms with Gasteiger partial charge in [0.05, 0.1) is 11.5 Å². The van der Waals surface area contributed by atoms with E-state index in [0.29, 0.717) is 18.0 Å². The number of hydrogen-bond donors (Lipinski definition) is 2. The summed E-state index contributed by atoms with van der Waals surface area (Å²) in [5, 5.41) is 16.7. The highest BCUT2D eigenvalue weighted by molar-refractivity contribution is 5.97. The summed E-state index contributed by atoms with van der Waals surface area (Å²) >= 11 is 0. The maximum atomic E-state index is 12.5. The van der Waals surface area contributed by atoms with Gasteiger partial charge in [-0.15, -0.1) is 0 Å². The highest BCUT2D eigenvalue weighted by Crippen LogP contribution is 2.55. The number of benzene rings is 3. The predicted molar refractivity (Wildman–Crippen MR) is 128 cm³/mol. The lowest BCUT2D eigenvalue weighted by Crippen LogP contribution is -2.42. The third-order valence-electron chi connectivity index (χ3n) is 7.06. The number of fused-ring (bicyclic) bond motifs is 1. The van der Waals surface area contributed by atoms with Crippen LogP contribution in [0.3, 0.4) is 0 Å². The van der Waals surface area contributed by atoms with Gasteiger partial charge in [-0.3, -0.25) is 19.7 Å². The third kappa shape index (κ3) is 3.83. The Morgan fingerprint density at radius 3 is 2.18 bits per heavy atom. The van der Waals surface area contributed by atoms with Crippen LogP contribution < -0.4 is 10.6 Å². The number of nitrogens with zero attached hydrogens (tertiary/aromatic N) is 1. The van der Waals surface area contributed by atoms with Gasteiger partial charge in [-0.1, -0.05) is 54.6 Å². The van der Waals surface area contributed by atoms with Crippen molar-refractivity contribution in [3.8, 4) is 0 Å². The number of nitro groups is 1. The molecule has 0 saturated carbocycles. The lowest BCUT2D eigenvalue weighted by Gasteiger charge is -2.45. The summed E-state index contributed by atoms with van der Waals surface area (Å²) in [7, 11) is 0. The lowest BCUT2D eigenvalue weighted by molar-refractivity contribution is -0.385. The second-order valence-electron chi connectivity index (χ2n) is 9.03. The van der Waals surface area contributed by atoms with Crippen molar-refractivity contribution in [1.82, 2.24) is 10.6 Å². The van der Waals surface area contributed by atoms with E-state index in [0.717, 1.165) is 6.42 Å². The van der Waals surface area contributed by atoms with E-state index in [-0.39, 0.29) is 35.5 Å². The minimum Gasteiger partial charge on any atom is -0.354 e. The van der Waals surface area contributed by atoms with Gasteiger partial charge >= 0.3 is 0 Å². The van der Waals surface area contributed by atoms with Crippen LogP contribution in [0.1, 0.15) is 56.4 Å². The van der Waals surface area contributed by atoms with Crippen molar-refractivity contribution < 1.29 is 14.5 Å². The van der Waals surface area contributed by atoms with Gasteiger partial charge in [0, 0.05) is 35.6 Å². The monoisotopic (exact) mass is 455 g/mol. The number of amides is 2. The molecule has 3 aromatic rings. The topological polar surface area (TPSA) is 101 Å². The number of nitro benzene ring substituents is 1. The first-order chi connectivity index (χ1) is 16.4. The number of carbonyl (C=O) groups is 2. The summed E-state index contributed by atoms with van der Waals surface area (Å²) in [4.78, 5) is 35.5. The summed E-state index contributed by atoms with van der Waals surface area (Å²) in [6, 6.07) is 21.4. The summed E-state index contributed by atoms with van der Waals surface area (Å²) in [6.07, 6.45) is 0.971. The number of rotatable bonds is 6. The predicted octanol–water partition coefficient (Wildman–Crippen LogP) is 4.05. The molecule has 0 spiro atoms. The van der Waals surface area contributed by atoms with E-state index < -0.39 is 10.8 Å². The molecule has 0 aromatic heterocycles. The van der Waals surface area contributed by atoms with Gasteiger partial charge < -0.3 is 10.6 Å². The van der Waals surface area contributed by atoms with Crippen molar-refractivity contribution in [2.24, 2.45) is 5.92 Å². The molecule has 0 radical (unpaired) electrons. The molecule has 1 atom stereocenters. The Hall–Kier alpha value is -4.00. The molecule has 2 bridgehead atoms. The van der Waals surface area contributed by atoms with Gasteiger partial charge in [-0.05, 0) is 47.6 Å². The smallest absolute Gasteiger partial charge is 0.273 e. The zero-order valence-electron chi connectivity index (χ0n) is 18.8. The molecule has 3 aromatic carbocycles. The standard InChI is InChI=1S/C27H25N3O4/c1-16-10-11-17(13-24(16)30(33)34)27(32)29-15-25(31)28-14-18-12-23-19-6-2-4-8-21(19)26(18)22-9-5-3-7-20(22)23/h2-11,13,18,23,26H,12,14-15H2,1H3,(H,28,31)(H,29,32). The molecule has 172 valence electrons.